The molecule has 6 nitrogen and oxygen atoms in total. The standard InChI is InChI=1S/C15H23N3O3/c1-5-21-11-8-15(16,14(11,2)3)13(20)17-10-6-7-12(19)18(4)9-10/h6-7,9,11H,5,8,16H2,1-4H3,(H,17,20). The van der Waals surface area contributed by atoms with Crippen LogP contribution in [0.2, 0.25) is 0 Å². The van der Waals surface area contributed by atoms with Crippen LogP contribution >= 0.6 is 0 Å². The summed E-state index contributed by atoms with van der Waals surface area (Å²) in [5.41, 5.74) is 5.32. The van der Waals surface area contributed by atoms with Crippen molar-refractivity contribution >= 4 is 11.6 Å². The minimum atomic E-state index is -0.971. The molecule has 2 rings (SSSR count). The number of anilines is 1. The Morgan fingerprint density at radius 3 is 2.71 bits per heavy atom. The van der Waals surface area contributed by atoms with E-state index in [1.807, 2.05) is 20.8 Å². The fraction of sp³-hybridized carbons (Fsp3) is 0.600. The number of hydrogen-bond donors (Lipinski definition) is 2. The van der Waals surface area contributed by atoms with Crippen LogP contribution < -0.4 is 16.6 Å². The van der Waals surface area contributed by atoms with E-state index < -0.39 is 11.0 Å². The van der Waals surface area contributed by atoms with Crippen molar-refractivity contribution in [3.63, 3.8) is 0 Å². The molecule has 0 saturated heterocycles. The first-order chi connectivity index (χ1) is 9.72. The van der Waals surface area contributed by atoms with Crippen LogP contribution in [0.15, 0.2) is 23.1 Å². The van der Waals surface area contributed by atoms with Gasteiger partial charge in [0.25, 0.3) is 0 Å². The van der Waals surface area contributed by atoms with E-state index in [1.165, 1.54) is 10.6 Å². The smallest absolute Gasteiger partial charge is 0.250 e. The molecule has 0 spiro atoms. The third-order valence-corrected chi connectivity index (χ3v) is 4.58. The Morgan fingerprint density at radius 2 is 2.19 bits per heavy atom. The number of aryl methyl sites for hydroxylation is 1. The highest BCUT2D eigenvalue weighted by Crippen LogP contribution is 2.50. The lowest BCUT2D eigenvalue weighted by atomic mass is 9.54. The van der Waals surface area contributed by atoms with Gasteiger partial charge >= 0.3 is 0 Å². The molecular weight excluding hydrogens is 270 g/mol. The zero-order valence-corrected chi connectivity index (χ0v) is 13.0. The van der Waals surface area contributed by atoms with Gasteiger partial charge in [-0.2, -0.15) is 0 Å². The molecule has 1 aromatic rings. The predicted molar refractivity (Wildman–Crippen MR) is 81.0 cm³/mol. The Hall–Kier alpha value is -1.66. The summed E-state index contributed by atoms with van der Waals surface area (Å²) in [6.45, 7) is 6.41. The molecule has 0 bridgehead atoms. The summed E-state index contributed by atoms with van der Waals surface area (Å²) < 4.78 is 7.03. The Balaban J connectivity index is 2.13. The van der Waals surface area contributed by atoms with Gasteiger partial charge < -0.3 is 20.4 Å². The van der Waals surface area contributed by atoms with E-state index in [0.717, 1.165) is 0 Å². The number of ether oxygens (including phenoxy) is 1. The van der Waals surface area contributed by atoms with Crippen LogP contribution in [0, 0.1) is 5.41 Å². The summed E-state index contributed by atoms with van der Waals surface area (Å²) in [5.74, 6) is -0.248. The molecular formula is C15H23N3O3. The minimum Gasteiger partial charge on any atom is -0.378 e. The molecule has 1 heterocycles. The lowest BCUT2D eigenvalue weighted by molar-refractivity contribution is -0.166. The zero-order valence-electron chi connectivity index (χ0n) is 13.0. The molecule has 6 heteroatoms. The summed E-state index contributed by atoms with van der Waals surface area (Å²) in [5, 5.41) is 2.79. The first-order valence-electron chi connectivity index (χ1n) is 7.11. The molecule has 1 aliphatic carbocycles. The first kappa shape index (κ1) is 15.7. The molecule has 1 aliphatic rings. The van der Waals surface area contributed by atoms with Gasteiger partial charge in [0.15, 0.2) is 0 Å². The van der Waals surface area contributed by atoms with Crippen molar-refractivity contribution in [2.24, 2.45) is 18.2 Å². The van der Waals surface area contributed by atoms with Gasteiger partial charge in [0.05, 0.1) is 11.8 Å². The maximum Gasteiger partial charge on any atom is 0.250 e. The van der Waals surface area contributed by atoms with E-state index in [-0.39, 0.29) is 17.6 Å². The van der Waals surface area contributed by atoms with Gasteiger partial charge in [-0.15, -0.1) is 0 Å². The van der Waals surface area contributed by atoms with Crippen LogP contribution in [-0.4, -0.2) is 28.7 Å². The summed E-state index contributed by atoms with van der Waals surface area (Å²) >= 11 is 0. The molecule has 1 saturated carbocycles. The molecule has 3 N–H and O–H groups in total. The molecule has 2 unspecified atom stereocenters. The van der Waals surface area contributed by atoms with Gasteiger partial charge in [0.1, 0.15) is 5.54 Å². The Bertz CT molecular complexity index is 608. The molecule has 1 aromatic heterocycles. The third kappa shape index (κ3) is 2.49. The van der Waals surface area contributed by atoms with Gasteiger partial charge in [0.2, 0.25) is 11.5 Å². The average molecular weight is 293 g/mol. The number of rotatable bonds is 4. The van der Waals surface area contributed by atoms with Crippen molar-refractivity contribution in [2.75, 3.05) is 11.9 Å². The summed E-state index contributed by atoms with van der Waals surface area (Å²) in [4.78, 5) is 23.8. The normalized spacial score (nSPS) is 27.0. The van der Waals surface area contributed by atoms with Gasteiger partial charge in [-0.1, -0.05) is 13.8 Å². The van der Waals surface area contributed by atoms with Crippen LogP contribution in [-0.2, 0) is 16.6 Å². The average Bonchev–Trinajstić information content (AvgIpc) is 2.42. The fourth-order valence-corrected chi connectivity index (χ4v) is 2.73. The van der Waals surface area contributed by atoms with Crippen LogP contribution in [0.25, 0.3) is 0 Å². The van der Waals surface area contributed by atoms with E-state index >= 15 is 0 Å². The number of hydrogen-bond acceptors (Lipinski definition) is 4. The quantitative estimate of drug-likeness (QED) is 0.862. The topological polar surface area (TPSA) is 86.3 Å². The van der Waals surface area contributed by atoms with Crippen molar-refractivity contribution < 1.29 is 9.53 Å². The lowest BCUT2D eigenvalue weighted by Crippen LogP contribution is -2.74. The van der Waals surface area contributed by atoms with Gasteiger partial charge in [-0.25, -0.2) is 0 Å². The number of nitrogens with zero attached hydrogens (tertiary/aromatic N) is 1. The summed E-state index contributed by atoms with van der Waals surface area (Å²) in [6, 6.07) is 2.99. The monoisotopic (exact) mass is 293 g/mol. The highest BCUT2D eigenvalue weighted by Gasteiger charge is 2.62. The van der Waals surface area contributed by atoms with Gasteiger partial charge in [-0.3, -0.25) is 9.59 Å². The van der Waals surface area contributed by atoms with Crippen molar-refractivity contribution in [3.05, 3.63) is 28.7 Å². The van der Waals surface area contributed by atoms with Crippen LogP contribution in [0.4, 0.5) is 5.69 Å². The number of pyridine rings is 1. The number of aromatic nitrogens is 1. The van der Waals surface area contributed by atoms with Crippen LogP contribution in [0.1, 0.15) is 27.2 Å². The summed E-state index contributed by atoms with van der Waals surface area (Å²) in [7, 11) is 1.63. The number of carbonyl (C=O) groups excluding carboxylic acids is 1. The molecule has 0 aromatic carbocycles. The van der Waals surface area contributed by atoms with E-state index in [9.17, 15) is 9.59 Å². The van der Waals surface area contributed by atoms with E-state index in [4.69, 9.17) is 10.5 Å². The van der Waals surface area contributed by atoms with Gasteiger partial charge in [-0.05, 0) is 13.0 Å². The maximum atomic E-state index is 12.5. The Labute approximate surface area is 124 Å². The number of nitrogens with one attached hydrogen (secondary N) is 1. The van der Waals surface area contributed by atoms with E-state index in [0.29, 0.717) is 18.7 Å². The first-order valence-corrected chi connectivity index (χ1v) is 7.11. The number of amides is 1. The lowest BCUT2D eigenvalue weighted by Gasteiger charge is -2.57. The molecule has 1 amide bonds. The molecule has 116 valence electrons. The third-order valence-electron chi connectivity index (χ3n) is 4.58. The summed E-state index contributed by atoms with van der Waals surface area (Å²) in [6.07, 6.45) is 2.05. The second kappa shape index (κ2) is 5.27. The molecule has 0 radical (unpaired) electrons. The van der Waals surface area contributed by atoms with Crippen LogP contribution in [0.3, 0.4) is 0 Å². The highest BCUT2D eigenvalue weighted by molar-refractivity contribution is 5.99. The highest BCUT2D eigenvalue weighted by atomic mass is 16.5. The molecule has 0 aliphatic heterocycles. The van der Waals surface area contributed by atoms with Crippen LogP contribution in [0.5, 0.6) is 0 Å². The zero-order chi connectivity index (χ0) is 15.8. The predicted octanol–water partition coefficient (Wildman–Crippen LogP) is 0.856. The SMILES string of the molecule is CCOC1CC(N)(C(=O)Nc2ccc(=O)n(C)c2)C1(C)C. The fourth-order valence-electron chi connectivity index (χ4n) is 2.73. The number of carbonyl (C=O) groups is 1. The van der Waals surface area contributed by atoms with Crippen molar-refractivity contribution in [2.45, 2.75) is 38.8 Å². The van der Waals surface area contributed by atoms with Gasteiger partial charge in [0, 0.05) is 37.8 Å². The van der Waals surface area contributed by atoms with Crippen molar-refractivity contribution in [3.8, 4) is 0 Å². The Kier molecular flexibility index (Phi) is 3.95. The maximum absolute atomic E-state index is 12.5. The van der Waals surface area contributed by atoms with Crippen molar-refractivity contribution in [1.82, 2.24) is 4.57 Å². The Morgan fingerprint density at radius 1 is 1.52 bits per heavy atom. The molecule has 21 heavy (non-hydrogen) atoms. The second-order valence-corrected chi connectivity index (χ2v) is 6.16. The second-order valence-electron chi connectivity index (χ2n) is 6.16. The van der Waals surface area contributed by atoms with E-state index in [2.05, 4.69) is 5.32 Å². The minimum absolute atomic E-state index is 0.0154. The largest absolute Gasteiger partial charge is 0.378 e. The number of nitrogens with two attached hydrogens (primary N) is 1. The molecule has 2 atom stereocenters. The van der Waals surface area contributed by atoms with E-state index in [1.54, 1.807) is 19.3 Å². The molecule has 1 fully saturated rings. The van der Waals surface area contributed by atoms with Crippen molar-refractivity contribution in [1.29, 1.82) is 0 Å².